The Bertz CT molecular complexity index is 872. The second kappa shape index (κ2) is 8.10. The predicted molar refractivity (Wildman–Crippen MR) is 103 cm³/mol. The molecule has 0 bridgehead atoms. The lowest BCUT2D eigenvalue weighted by Crippen LogP contribution is -2.36. The van der Waals surface area contributed by atoms with E-state index in [0.29, 0.717) is 18.7 Å². The topological polar surface area (TPSA) is 54.3 Å². The molecule has 26 heavy (non-hydrogen) atoms. The zero-order chi connectivity index (χ0) is 18.5. The molecular weight excluding hydrogens is 326 g/mol. The van der Waals surface area contributed by atoms with Crippen LogP contribution in [0.15, 0.2) is 48.5 Å². The molecule has 0 unspecified atom stereocenters. The lowest BCUT2D eigenvalue weighted by molar-refractivity contribution is 0.0732. The van der Waals surface area contributed by atoms with Crippen molar-refractivity contribution in [2.75, 3.05) is 27.2 Å². The van der Waals surface area contributed by atoms with E-state index < -0.39 is 0 Å². The average molecular weight is 351 g/mol. The third kappa shape index (κ3) is 4.08. The first-order chi connectivity index (χ1) is 12.6. The number of hydrogen-bond donors (Lipinski definition) is 0. The van der Waals surface area contributed by atoms with E-state index >= 15 is 0 Å². The van der Waals surface area contributed by atoms with Crippen molar-refractivity contribution in [3.8, 4) is 0 Å². The van der Waals surface area contributed by atoms with Crippen molar-refractivity contribution in [3.63, 3.8) is 0 Å². The summed E-state index contributed by atoms with van der Waals surface area (Å²) in [5, 5.41) is 8.31. The maximum atomic E-state index is 13.1. The Labute approximate surface area is 154 Å². The maximum absolute atomic E-state index is 13.1. The van der Waals surface area contributed by atoms with E-state index in [9.17, 15) is 4.79 Å². The van der Waals surface area contributed by atoms with E-state index in [1.807, 2.05) is 79.1 Å². The number of aromatic nitrogens is 3. The van der Waals surface area contributed by atoms with Gasteiger partial charge in [0.25, 0.3) is 5.91 Å². The third-order valence-electron chi connectivity index (χ3n) is 4.38. The summed E-state index contributed by atoms with van der Waals surface area (Å²) in [5.74, 6) is 0.0173. The Kier molecular flexibility index (Phi) is 5.63. The van der Waals surface area contributed by atoms with Crippen molar-refractivity contribution in [2.24, 2.45) is 0 Å². The Balaban J connectivity index is 1.85. The molecule has 1 heterocycles. The Hall–Kier alpha value is -2.73. The molecule has 0 N–H and O–H groups in total. The molecule has 1 amide bonds. The van der Waals surface area contributed by atoms with Gasteiger partial charge in [0.2, 0.25) is 0 Å². The molecule has 0 atom stereocenters. The fourth-order valence-corrected chi connectivity index (χ4v) is 2.90. The highest BCUT2D eigenvalue weighted by Gasteiger charge is 2.18. The van der Waals surface area contributed by atoms with Crippen molar-refractivity contribution < 1.29 is 4.79 Å². The molecule has 0 radical (unpaired) electrons. The summed E-state index contributed by atoms with van der Waals surface area (Å²) in [7, 11) is 4.03. The van der Waals surface area contributed by atoms with Crippen molar-refractivity contribution in [1.82, 2.24) is 24.8 Å². The molecule has 0 aliphatic heterocycles. The van der Waals surface area contributed by atoms with Gasteiger partial charge in [-0.25, -0.2) is 4.68 Å². The number of amides is 1. The Morgan fingerprint density at radius 2 is 1.85 bits per heavy atom. The first-order valence-corrected chi connectivity index (χ1v) is 8.89. The number of fused-ring (bicyclic) bond motifs is 1. The highest BCUT2D eigenvalue weighted by Crippen LogP contribution is 2.16. The zero-order valence-corrected chi connectivity index (χ0v) is 15.6. The van der Waals surface area contributed by atoms with E-state index in [-0.39, 0.29) is 5.91 Å². The summed E-state index contributed by atoms with van der Waals surface area (Å²) in [5.41, 5.74) is 3.48. The molecule has 6 nitrogen and oxygen atoms in total. The first-order valence-electron chi connectivity index (χ1n) is 8.89. The number of carbonyl (C=O) groups excluding carboxylic acids is 1. The zero-order valence-electron chi connectivity index (χ0n) is 15.6. The number of rotatable bonds is 7. The minimum atomic E-state index is 0.0173. The van der Waals surface area contributed by atoms with Gasteiger partial charge in [0.15, 0.2) is 0 Å². The second-order valence-electron chi connectivity index (χ2n) is 6.62. The van der Waals surface area contributed by atoms with Gasteiger partial charge in [0.05, 0.1) is 5.52 Å². The highest BCUT2D eigenvalue weighted by molar-refractivity contribution is 5.97. The highest BCUT2D eigenvalue weighted by atomic mass is 16.2. The average Bonchev–Trinajstić information content (AvgIpc) is 3.07. The van der Waals surface area contributed by atoms with E-state index in [2.05, 4.69) is 15.2 Å². The molecule has 0 spiro atoms. The Morgan fingerprint density at radius 1 is 1.08 bits per heavy atom. The van der Waals surface area contributed by atoms with Gasteiger partial charge in [0.1, 0.15) is 5.52 Å². The van der Waals surface area contributed by atoms with Crippen LogP contribution in [0.4, 0.5) is 0 Å². The van der Waals surface area contributed by atoms with E-state index in [0.717, 1.165) is 29.7 Å². The molecule has 3 aromatic rings. The predicted octanol–water partition coefficient (Wildman–Crippen LogP) is 2.66. The van der Waals surface area contributed by atoms with Crippen molar-refractivity contribution in [3.05, 3.63) is 59.7 Å². The minimum Gasteiger partial charge on any atom is -0.333 e. The lowest BCUT2D eigenvalue weighted by Gasteiger charge is -2.24. The standard InChI is InChI=1S/C20H25N5O/c1-4-25-19-11-10-17(14-18(19)21-22-25)20(26)24(13-12-23(2)3)15-16-8-6-5-7-9-16/h5-11,14H,4,12-13,15H2,1-3H3. The quantitative estimate of drug-likeness (QED) is 0.657. The smallest absolute Gasteiger partial charge is 0.254 e. The van der Waals surface area contributed by atoms with Crippen LogP contribution in [0.3, 0.4) is 0 Å². The first kappa shape index (κ1) is 18.1. The molecule has 6 heteroatoms. The van der Waals surface area contributed by atoms with Crippen molar-refractivity contribution in [2.45, 2.75) is 20.0 Å². The van der Waals surface area contributed by atoms with Gasteiger partial charge < -0.3 is 9.80 Å². The molecule has 2 aromatic carbocycles. The van der Waals surface area contributed by atoms with Crippen LogP contribution in [0.1, 0.15) is 22.8 Å². The lowest BCUT2D eigenvalue weighted by atomic mass is 10.1. The van der Waals surface area contributed by atoms with Crippen LogP contribution in [0.2, 0.25) is 0 Å². The van der Waals surface area contributed by atoms with E-state index in [1.54, 1.807) is 0 Å². The van der Waals surface area contributed by atoms with Crippen molar-refractivity contribution >= 4 is 16.9 Å². The van der Waals surface area contributed by atoms with Crippen LogP contribution in [0.25, 0.3) is 11.0 Å². The van der Waals surface area contributed by atoms with E-state index in [4.69, 9.17) is 0 Å². The monoisotopic (exact) mass is 351 g/mol. The number of benzene rings is 2. The summed E-state index contributed by atoms with van der Waals surface area (Å²) in [4.78, 5) is 17.1. The van der Waals surface area contributed by atoms with Crippen LogP contribution in [-0.2, 0) is 13.1 Å². The van der Waals surface area contributed by atoms with Crippen LogP contribution in [0, 0.1) is 0 Å². The van der Waals surface area contributed by atoms with Gasteiger partial charge >= 0.3 is 0 Å². The van der Waals surface area contributed by atoms with Crippen LogP contribution < -0.4 is 0 Å². The number of hydrogen-bond acceptors (Lipinski definition) is 4. The van der Waals surface area contributed by atoms with Crippen LogP contribution in [0.5, 0.6) is 0 Å². The number of likely N-dealkylation sites (N-methyl/N-ethyl adjacent to an activating group) is 1. The molecule has 0 fully saturated rings. The minimum absolute atomic E-state index is 0.0173. The third-order valence-corrected chi connectivity index (χ3v) is 4.38. The summed E-state index contributed by atoms with van der Waals surface area (Å²) in [6.45, 7) is 4.85. The van der Waals surface area contributed by atoms with Crippen LogP contribution in [-0.4, -0.2) is 57.9 Å². The molecule has 3 rings (SSSR count). The van der Waals surface area contributed by atoms with Gasteiger partial charge in [-0.3, -0.25) is 4.79 Å². The fourth-order valence-electron chi connectivity index (χ4n) is 2.90. The largest absolute Gasteiger partial charge is 0.333 e. The SMILES string of the molecule is CCn1nnc2cc(C(=O)N(CCN(C)C)Cc3ccccc3)ccc21. The molecule has 0 saturated carbocycles. The number of nitrogens with zero attached hydrogens (tertiary/aromatic N) is 5. The summed E-state index contributed by atoms with van der Waals surface area (Å²) in [6, 6.07) is 15.7. The second-order valence-corrected chi connectivity index (χ2v) is 6.62. The van der Waals surface area contributed by atoms with Gasteiger partial charge in [-0.1, -0.05) is 35.5 Å². The van der Waals surface area contributed by atoms with Gasteiger partial charge in [-0.15, -0.1) is 5.10 Å². The van der Waals surface area contributed by atoms with Crippen LogP contribution >= 0.6 is 0 Å². The molecule has 136 valence electrons. The van der Waals surface area contributed by atoms with E-state index in [1.165, 1.54) is 0 Å². The van der Waals surface area contributed by atoms with Gasteiger partial charge in [0, 0.05) is 31.7 Å². The molecule has 0 aliphatic carbocycles. The normalized spacial score (nSPS) is 11.2. The molecule has 0 aliphatic rings. The summed E-state index contributed by atoms with van der Waals surface area (Å²) < 4.78 is 1.83. The molecular formula is C20H25N5O. The van der Waals surface area contributed by atoms with Gasteiger partial charge in [-0.05, 0) is 44.8 Å². The van der Waals surface area contributed by atoms with Gasteiger partial charge in [-0.2, -0.15) is 0 Å². The Morgan fingerprint density at radius 3 is 2.54 bits per heavy atom. The number of aryl methyl sites for hydroxylation is 1. The maximum Gasteiger partial charge on any atom is 0.254 e. The molecule has 1 aromatic heterocycles. The number of carbonyl (C=O) groups is 1. The fraction of sp³-hybridized carbons (Fsp3) is 0.350. The van der Waals surface area contributed by atoms with Crippen molar-refractivity contribution in [1.29, 1.82) is 0 Å². The summed E-state index contributed by atoms with van der Waals surface area (Å²) >= 11 is 0. The summed E-state index contributed by atoms with van der Waals surface area (Å²) in [6.07, 6.45) is 0. The molecule has 0 saturated heterocycles.